The highest BCUT2D eigenvalue weighted by Crippen LogP contribution is 2.49. The zero-order valence-electron chi connectivity index (χ0n) is 15.6. The third-order valence-corrected chi connectivity index (χ3v) is 5.81. The van der Waals surface area contributed by atoms with Crippen LogP contribution in [0.3, 0.4) is 0 Å². The number of anilines is 1. The fourth-order valence-corrected chi connectivity index (χ4v) is 4.01. The average Bonchev–Trinajstić information content (AvgIpc) is 3.55. The molecule has 1 saturated carbocycles. The van der Waals surface area contributed by atoms with E-state index in [9.17, 15) is 9.59 Å². The van der Waals surface area contributed by atoms with Gasteiger partial charge in [0.15, 0.2) is 11.5 Å². The Morgan fingerprint density at radius 2 is 1.71 bits per heavy atom. The van der Waals surface area contributed by atoms with Crippen molar-refractivity contribution in [2.24, 2.45) is 5.41 Å². The van der Waals surface area contributed by atoms with Crippen LogP contribution >= 0.6 is 0 Å². The minimum absolute atomic E-state index is 0.0583. The molecule has 2 amide bonds. The van der Waals surface area contributed by atoms with Gasteiger partial charge >= 0.3 is 0 Å². The van der Waals surface area contributed by atoms with Gasteiger partial charge in [0.1, 0.15) is 18.6 Å². The van der Waals surface area contributed by atoms with Gasteiger partial charge in [-0.15, -0.1) is 0 Å². The van der Waals surface area contributed by atoms with Crippen LogP contribution in [0.1, 0.15) is 24.0 Å². The van der Waals surface area contributed by atoms with E-state index in [-0.39, 0.29) is 11.8 Å². The number of fused-ring (bicyclic) bond motifs is 2. The summed E-state index contributed by atoms with van der Waals surface area (Å²) in [6.45, 7) is 2.25. The number of nitrogens with zero attached hydrogens (tertiary/aromatic N) is 1. The minimum Gasteiger partial charge on any atom is -0.486 e. The van der Waals surface area contributed by atoms with Crippen molar-refractivity contribution in [1.82, 2.24) is 4.90 Å². The topological polar surface area (TPSA) is 67.9 Å². The summed E-state index contributed by atoms with van der Waals surface area (Å²) < 4.78 is 11.1. The number of hydrogen-bond acceptors (Lipinski definition) is 4. The summed E-state index contributed by atoms with van der Waals surface area (Å²) >= 11 is 0. The molecule has 144 valence electrons. The van der Waals surface area contributed by atoms with Crippen molar-refractivity contribution >= 4 is 17.5 Å². The minimum atomic E-state index is -0.931. The zero-order chi connectivity index (χ0) is 19.1. The van der Waals surface area contributed by atoms with Crippen molar-refractivity contribution in [2.45, 2.75) is 25.8 Å². The molecule has 0 atom stereocenters. The lowest BCUT2D eigenvalue weighted by atomic mass is 9.97. The van der Waals surface area contributed by atoms with Crippen LogP contribution in [0.15, 0.2) is 42.5 Å². The third-order valence-electron chi connectivity index (χ3n) is 5.81. The van der Waals surface area contributed by atoms with Crippen LogP contribution < -0.4 is 14.8 Å². The van der Waals surface area contributed by atoms with Gasteiger partial charge in [-0.05, 0) is 42.5 Å². The quantitative estimate of drug-likeness (QED) is 0.834. The first-order valence-corrected chi connectivity index (χ1v) is 9.73. The molecule has 0 unspecified atom stereocenters. The van der Waals surface area contributed by atoms with Gasteiger partial charge in [0.25, 0.3) is 0 Å². The van der Waals surface area contributed by atoms with Crippen molar-refractivity contribution in [3.63, 3.8) is 0 Å². The van der Waals surface area contributed by atoms with Gasteiger partial charge in [0.2, 0.25) is 11.8 Å². The molecule has 6 nitrogen and oxygen atoms in total. The predicted octanol–water partition coefficient (Wildman–Crippen LogP) is 2.76. The molecule has 28 heavy (non-hydrogen) atoms. The van der Waals surface area contributed by atoms with Crippen LogP contribution in [-0.4, -0.2) is 36.5 Å². The van der Waals surface area contributed by atoms with Crippen LogP contribution in [-0.2, 0) is 22.6 Å². The molecule has 0 spiro atoms. The van der Waals surface area contributed by atoms with E-state index >= 15 is 0 Å². The van der Waals surface area contributed by atoms with E-state index in [1.165, 1.54) is 11.1 Å². The molecule has 0 aromatic heterocycles. The van der Waals surface area contributed by atoms with Gasteiger partial charge in [-0.25, -0.2) is 0 Å². The van der Waals surface area contributed by atoms with E-state index in [1.807, 2.05) is 17.0 Å². The van der Waals surface area contributed by atoms with Gasteiger partial charge in [-0.2, -0.15) is 0 Å². The summed E-state index contributed by atoms with van der Waals surface area (Å²) in [6.07, 6.45) is 2.03. The number of ether oxygens (including phenoxy) is 2. The average molecular weight is 378 g/mol. The Morgan fingerprint density at radius 3 is 2.50 bits per heavy atom. The van der Waals surface area contributed by atoms with Crippen molar-refractivity contribution in [1.29, 1.82) is 0 Å². The highest BCUT2D eigenvalue weighted by atomic mass is 16.6. The molecular formula is C22H22N2O4. The van der Waals surface area contributed by atoms with Gasteiger partial charge in [-0.1, -0.05) is 24.3 Å². The molecule has 0 radical (unpaired) electrons. The number of nitrogens with one attached hydrogen (secondary N) is 1. The molecular weight excluding hydrogens is 356 g/mol. The van der Waals surface area contributed by atoms with E-state index in [1.54, 1.807) is 18.2 Å². The fraction of sp³-hybridized carbons (Fsp3) is 0.364. The second-order valence-electron chi connectivity index (χ2n) is 7.64. The first kappa shape index (κ1) is 17.1. The lowest BCUT2D eigenvalue weighted by Crippen LogP contribution is -2.45. The zero-order valence-corrected chi connectivity index (χ0v) is 15.6. The van der Waals surface area contributed by atoms with Gasteiger partial charge in [0, 0.05) is 24.8 Å². The molecule has 5 rings (SSSR count). The van der Waals surface area contributed by atoms with Gasteiger partial charge < -0.3 is 19.7 Å². The first-order valence-electron chi connectivity index (χ1n) is 9.73. The van der Waals surface area contributed by atoms with E-state index in [4.69, 9.17) is 9.47 Å². The van der Waals surface area contributed by atoms with Gasteiger partial charge in [0.05, 0.1) is 0 Å². The van der Waals surface area contributed by atoms with Crippen molar-refractivity contribution in [3.8, 4) is 11.5 Å². The molecule has 2 heterocycles. The standard InChI is InChI=1S/C22H22N2O4/c25-20(23-17-5-6-18-19(13-17)28-12-11-27-18)22(8-9-22)21(26)24-10-7-15-3-1-2-4-16(15)14-24/h1-6,13H,7-12,14H2,(H,23,25). The lowest BCUT2D eigenvalue weighted by Gasteiger charge is -2.31. The summed E-state index contributed by atoms with van der Waals surface area (Å²) in [5, 5.41) is 2.91. The van der Waals surface area contributed by atoms with Crippen molar-refractivity contribution in [2.75, 3.05) is 25.1 Å². The molecule has 2 aliphatic heterocycles. The highest BCUT2D eigenvalue weighted by molar-refractivity contribution is 6.13. The van der Waals surface area contributed by atoms with Crippen molar-refractivity contribution < 1.29 is 19.1 Å². The third kappa shape index (κ3) is 2.89. The Balaban J connectivity index is 1.30. The second-order valence-corrected chi connectivity index (χ2v) is 7.64. The largest absolute Gasteiger partial charge is 0.486 e. The molecule has 1 aliphatic carbocycles. The van der Waals surface area contributed by atoms with E-state index in [2.05, 4.69) is 17.4 Å². The summed E-state index contributed by atoms with van der Waals surface area (Å²) in [7, 11) is 0. The maximum Gasteiger partial charge on any atom is 0.240 e. The van der Waals surface area contributed by atoms with Crippen LogP contribution in [0.2, 0.25) is 0 Å². The maximum atomic E-state index is 13.2. The monoisotopic (exact) mass is 378 g/mol. The van der Waals surface area contributed by atoms with E-state index < -0.39 is 5.41 Å². The number of hydrogen-bond donors (Lipinski definition) is 1. The van der Waals surface area contributed by atoms with Crippen LogP contribution in [0, 0.1) is 5.41 Å². The van der Waals surface area contributed by atoms with E-state index in [0.717, 1.165) is 6.42 Å². The number of amides is 2. The molecule has 1 fully saturated rings. The molecule has 0 saturated heterocycles. The Labute approximate surface area is 163 Å². The maximum absolute atomic E-state index is 13.2. The first-order chi connectivity index (χ1) is 13.7. The SMILES string of the molecule is O=C(Nc1ccc2c(c1)OCCO2)C1(C(=O)N2CCc3ccccc3C2)CC1. The Bertz CT molecular complexity index is 951. The number of carbonyl (C=O) groups is 2. The fourth-order valence-electron chi connectivity index (χ4n) is 4.01. The van der Waals surface area contributed by atoms with Gasteiger partial charge in [-0.3, -0.25) is 9.59 Å². The summed E-state index contributed by atoms with van der Waals surface area (Å²) in [6, 6.07) is 13.5. The molecule has 1 N–H and O–H groups in total. The summed E-state index contributed by atoms with van der Waals surface area (Å²) in [4.78, 5) is 28.0. The van der Waals surface area contributed by atoms with E-state index in [0.29, 0.717) is 56.3 Å². The predicted molar refractivity (Wildman–Crippen MR) is 103 cm³/mol. The summed E-state index contributed by atoms with van der Waals surface area (Å²) in [5.41, 5.74) is 2.15. The Kier molecular flexibility index (Phi) is 4.00. The molecule has 0 bridgehead atoms. The van der Waals surface area contributed by atoms with Crippen molar-refractivity contribution in [3.05, 3.63) is 53.6 Å². The molecule has 2 aromatic carbocycles. The number of benzene rings is 2. The van der Waals surface area contributed by atoms with Crippen LogP contribution in [0.25, 0.3) is 0 Å². The molecule has 6 heteroatoms. The number of carbonyl (C=O) groups excluding carboxylic acids is 2. The Hall–Kier alpha value is -3.02. The van der Waals surface area contributed by atoms with Crippen LogP contribution in [0.4, 0.5) is 5.69 Å². The lowest BCUT2D eigenvalue weighted by molar-refractivity contribution is -0.143. The Morgan fingerprint density at radius 1 is 0.964 bits per heavy atom. The normalized spacial score (nSPS) is 18.8. The molecule has 3 aliphatic rings. The second kappa shape index (κ2) is 6.55. The van der Waals surface area contributed by atoms with Crippen LogP contribution in [0.5, 0.6) is 11.5 Å². The highest BCUT2D eigenvalue weighted by Gasteiger charge is 2.58. The molecule has 2 aromatic rings. The smallest absolute Gasteiger partial charge is 0.240 e. The summed E-state index contributed by atoms with van der Waals surface area (Å²) in [5.74, 6) is 1.01. The number of rotatable bonds is 3.